The lowest BCUT2D eigenvalue weighted by Gasteiger charge is -2.07. The van der Waals surface area contributed by atoms with E-state index < -0.39 is 0 Å². The molecule has 1 heterocycles. The predicted molar refractivity (Wildman–Crippen MR) is 86.5 cm³/mol. The molecule has 0 saturated carbocycles. The summed E-state index contributed by atoms with van der Waals surface area (Å²) in [5, 5.41) is 5.39. The van der Waals surface area contributed by atoms with Crippen LogP contribution in [-0.4, -0.2) is 22.4 Å². The van der Waals surface area contributed by atoms with Crippen LogP contribution in [-0.2, 0) is 4.74 Å². The molecule has 112 valence electrons. The lowest BCUT2D eigenvalue weighted by molar-refractivity contribution is 0.0518. The summed E-state index contributed by atoms with van der Waals surface area (Å²) < 4.78 is 6.89. The van der Waals surface area contributed by atoms with Crippen LogP contribution in [0.3, 0.4) is 0 Å². The lowest BCUT2D eigenvalue weighted by Crippen LogP contribution is -2.12. The number of esters is 1. The van der Waals surface area contributed by atoms with Gasteiger partial charge in [0.1, 0.15) is 0 Å². The number of aromatic nitrogens is 2. The summed E-state index contributed by atoms with van der Waals surface area (Å²) in [6, 6.07) is 13.8. The second-order valence-electron chi connectivity index (χ2n) is 5.34. The molecule has 0 aliphatic heterocycles. The number of fused-ring (bicyclic) bond motifs is 1. The van der Waals surface area contributed by atoms with Crippen molar-refractivity contribution in [2.75, 3.05) is 6.61 Å². The Bertz CT molecular complexity index is 832. The molecule has 0 amide bonds. The van der Waals surface area contributed by atoms with Gasteiger partial charge in [-0.2, -0.15) is 5.10 Å². The molecule has 0 unspecified atom stereocenters. The van der Waals surface area contributed by atoms with E-state index in [1.165, 1.54) is 0 Å². The number of benzene rings is 2. The van der Waals surface area contributed by atoms with E-state index in [2.05, 4.69) is 5.10 Å². The summed E-state index contributed by atoms with van der Waals surface area (Å²) in [7, 11) is 0. The van der Waals surface area contributed by atoms with Gasteiger partial charge in [0.25, 0.3) is 0 Å². The summed E-state index contributed by atoms with van der Waals surface area (Å²) in [6.07, 6.45) is 0. The Kier molecular flexibility index (Phi) is 3.67. The summed E-state index contributed by atoms with van der Waals surface area (Å²) in [5.41, 5.74) is 4.36. The van der Waals surface area contributed by atoms with E-state index in [9.17, 15) is 4.79 Å². The fourth-order valence-corrected chi connectivity index (χ4v) is 2.47. The van der Waals surface area contributed by atoms with E-state index in [0.717, 1.165) is 27.7 Å². The maximum atomic E-state index is 12.4. The van der Waals surface area contributed by atoms with Crippen molar-refractivity contribution in [1.29, 1.82) is 0 Å². The molecular formula is C18H18N2O2. The van der Waals surface area contributed by atoms with Gasteiger partial charge >= 0.3 is 5.97 Å². The van der Waals surface area contributed by atoms with Crippen molar-refractivity contribution in [2.45, 2.75) is 20.8 Å². The van der Waals surface area contributed by atoms with Crippen molar-refractivity contribution in [1.82, 2.24) is 9.78 Å². The summed E-state index contributed by atoms with van der Waals surface area (Å²) in [6.45, 7) is 6.17. The number of carbonyl (C=O) groups excluding carboxylic acids is 1. The molecule has 0 aliphatic rings. The molecule has 0 aliphatic carbocycles. The van der Waals surface area contributed by atoms with Crippen LogP contribution in [0.5, 0.6) is 0 Å². The van der Waals surface area contributed by atoms with Gasteiger partial charge in [-0.05, 0) is 45.0 Å². The Morgan fingerprint density at radius 2 is 1.77 bits per heavy atom. The van der Waals surface area contributed by atoms with Gasteiger partial charge in [0.15, 0.2) is 5.69 Å². The van der Waals surface area contributed by atoms with Gasteiger partial charge in [0, 0.05) is 5.39 Å². The smallest absolute Gasteiger partial charge is 0.357 e. The molecule has 4 heteroatoms. The van der Waals surface area contributed by atoms with Crippen molar-refractivity contribution in [3.8, 4) is 5.69 Å². The third kappa shape index (κ3) is 2.48. The van der Waals surface area contributed by atoms with Crippen molar-refractivity contribution >= 4 is 16.9 Å². The zero-order valence-electron chi connectivity index (χ0n) is 13.0. The maximum absolute atomic E-state index is 12.4. The number of aryl methyl sites for hydroxylation is 2. The number of carbonyl (C=O) groups is 1. The molecule has 2 aromatic carbocycles. The molecule has 1 aromatic heterocycles. The molecule has 0 fully saturated rings. The van der Waals surface area contributed by atoms with Gasteiger partial charge in [-0.25, -0.2) is 9.48 Å². The number of nitrogens with zero attached hydrogens (tertiary/aromatic N) is 2. The quantitative estimate of drug-likeness (QED) is 0.690. The average molecular weight is 294 g/mol. The first-order valence-corrected chi connectivity index (χ1v) is 7.33. The summed E-state index contributed by atoms with van der Waals surface area (Å²) in [4.78, 5) is 12.4. The Morgan fingerprint density at radius 3 is 2.45 bits per heavy atom. The molecule has 0 N–H and O–H groups in total. The first-order chi connectivity index (χ1) is 10.6. The highest BCUT2D eigenvalue weighted by Gasteiger charge is 2.20. The standard InChI is InChI=1S/C18H18N2O2/c1-4-22-18(21)17-15-11-13(3)7-10-16(15)19-20(17)14-8-5-12(2)6-9-14/h5-11H,4H2,1-3H3. The highest BCUT2D eigenvalue weighted by molar-refractivity contribution is 6.03. The van der Waals surface area contributed by atoms with Crippen molar-refractivity contribution in [3.05, 3.63) is 59.3 Å². The maximum Gasteiger partial charge on any atom is 0.357 e. The van der Waals surface area contributed by atoms with Crippen LogP contribution in [0, 0.1) is 13.8 Å². The minimum Gasteiger partial charge on any atom is -0.461 e. The first kappa shape index (κ1) is 14.3. The largest absolute Gasteiger partial charge is 0.461 e. The van der Waals surface area contributed by atoms with Crippen LogP contribution in [0.2, 0.25) is 0 Å². The van der Waals surface area contributed by atoms with Crippen LogP contribution in [0.1, 0.15) is 28.5 Å². The summed E-state index contributed by atoms with van der Waals surface area (Å²) >= 11 is 0. The van der Waals surface area contributed by atoms with Crippen LogP contribution in [0.15, 0.2) is 42.5 Å². The normalized spacial score (nSPS) is 10.9. The van der Waals surface area contributed by atoms with E-state index in [4.69, 9.17) is 4.74 Å². The van der Waals surface area contributed by atoms with Crippen LogP contribution in [0.4, 0.5) is 0 Å². The highest BCUT2D eigenvalue weighted by atomic mass is 16.5. The number of rotatable bonds is 3. The zero-order chi connectivity index (χ0) is 15.7. The molecule has 3 rings (SSSR count). The van der Waals surface area contributed by atoms with Crippen LogP contribution < -0.4 is 0 Å². The van der Waals surface area contributed by atoms with Crippen LogP contribution in [0.25, 0.3) is 16.6 Å². The number of hydrogen-bond donors (Lipinski definition) is 0. The topological polar surface area (TPSA) is 44.1 Å². The van der Waals surface area contributed by atoms with Crippen molar-refractivity contribution in [3.63, 3.8) is 0 Å². The second-order valence-corrected chi connectivity index (χ2v) is 5.34. The zero-order valence-corrected chi connectivity index (χ0v) is 13.0. The minimum atomic E-state index is -0.351. The molecule has 4 nitrogen and oxygen atoms in total. The Balaban J connectivity index is 2.26. The highest BCUT2D eigenvalue weighted by Crippen LogP contribution is 2.24. The third-order valence-corrected chi connectivity index (χ3v) is 3.57. The summed E-state index contributed by atoms with van der Waals surface area (Å²) in [5.74, 6) is -0.351. The van der Waals surface area contributed by atoms with Crippen LogP contribution >= 0.6 is 0 Å². The van der Waals surface area contributed by atoms with Gasteiger partial charge in [0.05, 0.1) is 17.8 Å². The third-order valence-electron chi connectivity index (χ3n) is 3.57. The molecule has 0 radical (unpaired) electrons. The number of ether oxygens (including phenoxy) is 1. The molecule has 0 atom stereocenters. The predicted octanol–water partition coefficient (Wildman–Crippen LogP) is 3.82. The first-order valence-electron chi connectivity index (χ1n) is 7.33. The van der Waals surface area contributed by atoms with Crippen molar-refractivity contribution in [2.24, 2.45) is 0 Å². The fraction of sp³-hybridized carbons (Fsp3) is 0.222. The molecule has 0 bridgehead atoms. The van der Waals surface area contributed by atoms with E-state index in [1.807, 2.05) is 56.3 Å². The Morgan fingerprint density at radius 1 is 1.09 bits per heavy atom. The Labute approximate surface area is 129 Å². The van der Waals surface area contributed by atoms with Gasteiger partial charge in [-0.3, -0.25) is 0 Å². The van der Waals surface area contributed by atoms with E-state index in [0.29, 0.717) is 12.3 Å². The van der Waals surface area contributed by atoms with Gasteiger partial charge in [-0.15, -0.1) is 0 Å². The van der Waals surface area contributed by atoms with Gasteiger partial charge < -0.3 is 4.74 Å². The monoisotopic (exact) mass is 294 g/mol. The molecular weight excluding hydrogens is 276 g/mol. The SMILES string of the molecule is CCOC(=O)c1c2cc(C)ccc2nn1-c1ccc(C)cc1. The Hall–Kier alpha value is -2.62. The van der Waals surface area contributed by atoms with Gasteiger partial charge in [0.2, 0.25) is 0 Å². The molecule has 0 spiro atoms. The van der Waals surface area contributed by atoms with E-state index in [1.54, 1.807) is 11.6 Å². The minimum absolute atomic E-state index is 0.339. The molecule has 3 aromatic rings. The number of hydrogen-bond acceptors (Lipinski definition) is 3. The lowest BCUT2D eigenvalue weighted by atomic mass is 10.1. The average Bonchev–Trinajstić information content (AvgIpc) is 2.86. The van der Waals surface area contributed by atoms with Gasteiger partial charge in [-0.1, -0.05) is 29.3 Å². The van der Waals surface area contributed by atoms with E-state index >= 15 is 0 Å². The molecule has 0 saturated heterocycles. The van der Waals surface area contributed by atoms with Crippen molar-refractivity contribution < 1.29 is 9.53 Å². The van der Waals surface area contributed by atoms with E-state index in [-0.39, 0.29) is 5.97 Å². The fourth-order valence-electron chi connectivity index (χ4n) is 2.47. The second kappa shape index (κ2) is 5.64. The molecule has 22 heavy (non-hydrogen) atoms.